The van der Waals surface area contributed by atoms with Gasteiger partial charge in [-0.15, -0.1) is 0 Å². The smallest absolute Gasteiger partial charge is 0.227 e. The molecular formula is C24H24N10O2S. The van der Waals surface area contributed by atoms with E-state index in [-0.39, 0.29) is 17.7 Å². The highest BCUT2D eigenvalue weighted by Crippen LogP contribution is 2.48. The van der Waals surface area contributed by atoms with Crippen LogP contribution in [0.1, 0.15) is 36.2 Å². The molecule has 1 aliphatic heterocycles. The van der Waals surface area contributed by atoms with Crippen molar-refractivity contribution in [2.45, 2.75) is 36.6 Å². The zero-order chi connectivity index (χ0) is 25.6. The van der Waals surface area contributed by atoms with Crippen molar-refractivity contribution in [1.29, 1.82) is 5.26 Å². The number of aryl methyl sites for hydroxylation is 1. The Balaban J connectivity index is 1.30. The molecule has 1 N–H and O–H groups in total. The molecule has 0 amide bonds. The summed E-state index contributed by atoms with van der Waals surface area (Å²) >= 11 is 0. The van der Waals surface area contributed by atoms with Crippen LogP contribution in [-0.2, 0) is 23.5 Å². The van der Waals surface area contributed by atoms with Crippen LogP contribution in [-0.4, -0.2) is 59.0 Å². The van der Waals surface area contributed by atoms with E-state index in [9.17, 15) is 13.7 Å². The Bertz CT molecular complexity index is 1600. The van der Waals surface area contributed by atoms with Crippen molar-refractivity contribution in [2.24, 2.45) is 7.05 Å². The first-order valence-electron chi connectivity index (χ1n) is 11.9. The number of rotatable bonds is 8. The number of sulfonamides is 1. The Kier molecular flexibility index (Phi) is 5.69. The molecule has 2 aliphatic rings. The van der Waals surface area contributed by atoms with Crippen LogP contribution >= 0.6 is 0 Å². The van der Waals surface area contributed by atoms with Gasteiger partial charge in [0.2, 0.25) is 16.0 Å². The van der Waals surface area contributed by atoms with Crippen molar-refractivity contribution in [3.8, 4) is 17.5 Å². The van der Waals surface area contributed by atoms with Crippen LogP contribution in [0.4, 0.5) is 11.6 Å². The van der Waals surface area contributed by atoms with E-state index in [0.29, 0.717) is 42.4 Å². The monoisotopic (exact) mass is 516 g/mol. The molecule has 1 saturated heterocycles. The zero-order valence-corrected chi connectivity index (χ0v) is 20.8. The summed E-state index contributed by atoms with van der Waals surface area (Å²) in [6.07, 6.45) is 10.1. The van der Waals surface area contributed by atoms with Gasteiger partial charge in [-0.3, -0.25) is 14.3 Å². The first kappa shape index (κ1) is 23.3. The molecule has 2 fully saturated rings. The Morgan fingerprint density at radius 1 is 1.16 bits per heavy atom. The van der Waals surface area contributed by atoms with E-state index in [1.165, 1.54) is 4.31 Å². The highest BCUT2D eigenvalue weighted by atomic mass is 32.2. The average molecular weight is 517 g/mol. The van der Waals surface area contributed by atoms with Crippen LogP contribution in [0.25, 0.3) is 11.4 Å². The van der Waals surface area contributed by atoms with E-state index < -0.39 is 16.1 Å². The lowest BCUT2D eigenvalue weighted by Gasteiger charge is -2.46. The van der Waals surface area contributed by atoms with E-state index in [2.05, 4.69) is 31.4 Å². The van der Waals surface area contributed by atoms with E-state index in [4.69, 9.17) is 5.10 Å². The molecule has 2 unspecified atom stereocenters. The second-order valence-corrected chi connectivity index (χ2v) is 11.3. The number of nitrogens with one attached hydrogen (secondary N) is 1. The molecule has 4 aromatic heterocycles. The third-order valence-corrected chi connectivity index (χ3v) is 8.96. The van der Waals surface area contributed by atoms with Gasteiger partial charge in [0.25, 0.3) is 0 Å². The van der Waals surface area contributed by atoms with Gasteiger partial charge in [-0.25, -0.2) is 18.4 Å². The van der Waals surface area contributed by atoms with E-state index >= 15 is 0 Å². The molecule has 1 aliphatic carbocycles. The average Bonchev–Trinajstić information content (AvgIpc) is 3.51. The normalized spacial score (nSPS) is 19.8. The van der Waals surface area contributed by atoms with Gasteiger partial charge in [0.05, 0.1) is 53.1 Å². The van der Waals surface area contributed by atoms with E-state index in [0.717, 1.165) is 11.3 Å². The minimum Gasteiger partial charge on any atom is -0.321 e. The van der Waals surface area contributed by atoms with Gasteiger partial charge >= 0.3 is 0 Å². The summed E-state index contributed by atoms with van der Waals surface area (Å²) in [4.78, 5) is 13.4. The third-order valence-electron chi connectivity index (χ3n) is 6.62. The van der Waals surface area contributed by atoms with Crippen molar-refractivity contribution in [1.82, 2.24) is 38.8 Å². The van der Waals surface area contributed by atoms with Crippen LogP contribution in [0.3, 0.4) is 0 Å². The third kappa shape index (κ3) is 4.34. The van der Waals surface area contributed by atoms with Crippen molar-refractivity contribution in [2.75, 3.05) is 11.9 Å². The van der Waals surface area contributed by atoms with Crippen LogP contribution < -0.4 is 5.32 Å². The Morgan fingerprint density at radius 3 is 2.78 bits per heavy atom. The van der Waals surface area contributed by atoms with Crippen LogP contribution in [0.5, 0.6) is 0 Å². The molecule has 0 spiro atoms. The number of hydrogen-bond donors (Lipinski definition) is 1. The molecule has 5 heterocycles. The Morgan fingerprint density at radius 2 is 2.03 bits per heavy atom. The first-order valence-corrected chi connectivity index (χ1v) is 13.4. The SMILES string of the molecule is Cn1cc(Nc2nccc(-c3ccn(C4CN(S(=O)(=O)C5CC5)C4c4ncccc4CC#N)n3)n2)cn1. The van der Waals surface area contributed by atoms with Gasteiger partial charge < -0.3 is 5.32 Å². The van der Waals surface area contributed by atoms with Crippen LogP contribution in [0.15, 0.2) is 55.2 Å². The molecule has 0 radical (unpaired) electrons. The second-order valence-electron chi connectivity index (χ2n) is 9.18. The predicted octanol–water partition coefficient (Wildman–Crippen LogP) is 2.37. The number of anilines is 2. The molecule has 4 aromatic rings. The quantitative estimate of drug-likeness (QED) is 0.373. The standard InChI is InChI=1S/C24H24N10O2S/c1-32-14-17(13-28-32)29-24-27-11-7-19(30-24)20-8-12-33(31-20)21-15-34(37(35,36)18-4-5-18)23(21)22-16(6-9-25)3-2-10-26-22/h2-3,7-8,10-14,18,21,23H,4-6,15H2,1H3,(H,27,29,30). The Hall–Kier alpha value is -4.15. The molecule has 13 heteroatoms. The number of nitriles is 1. The fourth-order valence-corrected chi connectivity index (χ4v) is 6.64. The van der Waals surface area contributed by atoms with Gasteiger partial charge in [-0.1, -0.05) is 6.07 Å². The van der Waals surface area contributed by atoms with E-state index in [1.807, 2.05) is 31.6 Å². The molecule has 2 atom stereocenters. The summed E-state index contributed by atoms with van der Waals surface area (Å²) in [7, 11) is -1.62. The van der Waals surface area contributed by atoms with Gasteiger partial charge in [0.1, 0.15) is 5.69 Å². The Labute approximate surface area is 213 Å². The number of pyridine rings is 1. The molecule has 0 bridgehead atoms. The molecule has 188 valence electrons. The van der Waals surface area contributed by atoms with Gasteiger partial charge in [0, 0.05) is 38.4 Å². The number of aromatic nitrogens is 7. The number of nitrogens with zero attached hydrogens (tertiary/aromatic N) is 9. The van der Waals surface area contributed by atoms with Gasteiger partial charge in [0.15, 0.2) is 0 Å². The van der Waals surface area contributed by atoms with Gasteiger partial charge in [-0.2, -0.15) is 19.8 Å². The molecular weight excluding hydrogens is 492 g/mol. The summed E-state index contributed by atoms with van der Waals surface area (Å²) < 4.78 is 31.4. The summed E-state index contributed by atoms with van der Waals surface area (Å²) in [5.74, 6) is 0.415. The largest absolute Gasteiger partial charge is 0.321 e. The number of hydrogen-bond acceptors (Lipinski definition) is 9. The van der Waals surface area contributed by atoms with Crippen molar-refractivity contribution >= 4 is 21.7 Å². The molecule has 12 nitrogen and oxygen atoms in total. The fourth-order valence-electron chi connectivity index (χ4n) is 4.61. The van der Waals surface area contributed by atoms with Crippen molar-refractivity contribution in [3.63, 3.8) is 0 Å². The molecule has 0 aromatic carbocycles. The lowest BCUT2D eigenvalue weighted by Crippen LogP contribution is -2.54. The zero-order valence-electron chi connectivity index (χ0n) is 20.0. The maximum atomic E-state index is 13.2. The molecule has 37 heavy (non-hydrogen) atoms. The lowest BCUT2D eigenvalue weighted by molar-refractivity contribution is 0.0944. The molecule has 6 rings (SSSR count). The van der Waals surface area contributed by atoms with Crippen molar-refractivity contribution in [3.05, 3.63) is 66.5 Å². The van der Waals surface area contributed by atoms with Crippen molar-refractivity contribution < 1.29 is 8.42 Å². The highest BCUT2D eigenvalue weighted by molar-refractivity contribution is 7.90. The fraction of sp³-hybridized carbons (Fsp3) is 0.333. The predicted molar refractivity (Wildman–Crippen MR) is 134 cm³/mol. The van der Waals surface area contributed by atoms with Crippen LogP contribution in [0.2, 0.25) is 0 Å². The summed E-state index contributed by atoms with van der Waals surface area (Å²) in [5, 5.41) is 21.0. The minimum atomic E-state index is -3.44. The lowest BCUT2D eigenvalue weighted by atomic mass is 9.92. The molecule has 1 saturated carbocycles. The summed E-state index contributed by atoms with van der Waals surface area (Å²) in [5.41, 5.74) is 3.36. The maximum Gasteiger partial charge on any atom is 0.227 e. The minimum absolute atomic E-state index is 0.154. The van der Waals surface area contributed by atoms with E-state index in [1.54, 1.807) is 40.1 Å². The topological polar surface area (TPSA) is 148 Å². The maximum absolute atomic E-state index is 13.2. The van der Waals surface area contributed by atoms with Crippen LogP contribution in [0, 0.1) is 11.3 Å². The highest BCUT2D eigenvalue weighted by Gasteiger charge is 2.53. The second kappa shape index (κ2) is 9.06. The summed E-state index contributed by atoms with van der Waals surface area (Å²) in [6, 6.07) is 8.59. The summed E-state index contributed by atoms with van der Waals surface area (Å²) in [6.45, 7) is 0.296. The van der Waals surface area contributed by atoms with Gasteiger partial charge in [-0.05, 0) is 36.6 Å². The first-order chi connectivity index (χ1) is 17.9.